The van der Waals surface area contributed by atoms with E-state index in [9.17, 15) is 4.79 Å². The molecule has 2 fully saturated rings. The van der Waals surface area contributed by atoms with E-state index < -0.39 is 5.79 Å². The summed E-state index contributed by atoms with van der Waals surface area (Å²) >= 11 is 0. The lowest BCUT2D eigenvalue weighted by atomic mass is 10.0. The Morgan fingerprint density at radius 2 is 1.92 bits per heavy atom. The van der Waals surface area contributed by atoms with Crippen LogP contribution >= 0.6 is 0 Å². The van der Waals surface area contributed by atoms with Gasteiger partial charge in [0.15, 0.2) is 5.79 Å². The van der Waals surface area contributed by atoms with E-state index in [1.165, 1.54) is 0 Å². The van der Waals surface area contributed by atoms with Gasteiger partial charge in [-0.3, -0.25) is 4.79 Å². The van der Waals surface area contributed by atoms with Gasteiger partial charge in [0, 0.05) is 31.3 Å². The zero-order valence-corrected chi connectivity index (χ0v) is 13.7. The molecule has 2 aliphatic heterocycles. The monoisotopic (exact) mass is 328 g/mol. The van der Waals surface area contributed by atoms with Crippen LogP contribution in [-0.2, 0) is 9.47 Å². The number of carbonyl (C=O) groups excluding carboxylic acids is 1. The highest BCUT2D eigenvalue weighted by Crippen LogP contribution is 2.31. The topological polar surface area (TPSA) is 60.9 Å². The van der Waals surface area contributed by atoms with Gasteiger partial charge >= 0.3 is 0 Å². The molecule has 0 bridgehead atoms. The van der Waals surface area contributed by atoms with Gasteiger partial charge in [-0.2, -0.15) is 0 Å². The third kappa shape index (κ3) is 2.72. The lowest BCUT2D eigenvalue weighted by molar-refractivity contribution is -0.181. The predicted molar refractivity (Wildman–Crippen MR) is 88.1 cm³/mol. The van der Waals surface area contributed by atoms with Crippen LogP contribution in [0.15, 0.2) is 30.3 Å². The fourth-order valence-electron chi connectivity index (χ4n) is 3.35. The van der Waals surface area contributed by atoms with E-state index in [4.69, 9.17) is 14.2 Å². The summed E-state index contributed by atoms with van der Waals surface area (Å²) in [6.45, 7) is 2.54. The quantitative estimate of drug-likeness (QED) is 0.846. The molecular formula is C18H20N2O4. The number of likely N-dealkylation sites (tertiary alicyclic amines) is 1. The zero-order chi connectivity index (χ0) is 16.6. The minimum atomic E-state index is -0.468. The minimum Gasteiger partial charge on any atom is -0.497 e. The van der Waals surface area contributed by atoms with Crippen LogP contribution in [0.3, 0.4) is 0 Å². The molecular weight excluding hydrogens is 308 g/mol. The van der Waals surface area contributed by atoms with E-state index in [1.54, 1.807) is 13.2 Å². The highest BCUT2D eigenvalue weighted by Gasteiger charge is 2.41. The lowest BCUT2D eigenvalue weighted by Crippen LogP contribution is -2.47. The summed E-state index contributed by atoms with van der Waals surface area (Å²) in [5.41, 5.74) is 1.26. The molecule has 0 N–H and O–H groups in total. The second kappa shape index (κ2) is 6.03. The Morgan fingerprint density at radius 1 is 1.17 bits per heavy atom. The van der Waals surface area contributed by atoms with Crippen LogP contribution in [0.25, 0.3) is 10.9 Å². The summed E-state index contributed by atoms with van der Waals surface area (Å²) in [6, 6.07) is 9.32. The number of carbonyl (C=O) groups is 1. The standard InChI is InChI=1S/C18H20N2O4/c1-22-14-3-5-15-13(12-14)2-4-16(19-15)17(21)20-8-6-18(7-9-20)23-10-11-24-18/h2-5,12H,6-11H2,1H3. The number of fused-ring (bicyclic) bond motifs is 1. The Morgan fingerprint density at radius 3 is 2.62 bits per heavy atom. The Kier molecular flexibility index (Phi) is 3.86. The molecule has 1 amide bonds. The number of benzene rings is 1. The number of methoxy groups -OCH3 is 1. The van der Waals surface area contributed by atoms with Gasteiger partial charge in [-0.25, -0.2) is 4.98 Å². The summed E-state index contributed by atoms with van der Waals surface area (Å²) < 4.78 is 16.6. The highest BCUT2D eigenvalue weighted by atomic mass is 16.7. The SMILES string of the molecule is COc1ccc2nc(C(=O)N3CCC4(CC3)OCCO4)ccc2c1. The average molecular weight is 328 g/mol. The molecule has 2 aromatic rings. The van der Waals surface area contributed by atoms with Gasteiger partial charge in [-0.15, -0.1) is 0 Å². The molecule has 0 unspecified atom stereocenters. The van der Waals surface area contributed by atoms with Crippen molar-refractivity contribution in [3.8, 4) is 5.75 Å². The van der Waals surface area contributed by atoms with Crippen molar-refractivity contribution >= 4 is 16.8 Å². The molecule has 6 nitrogen and oxygen atoms in total. The van der Waals surface area contributed by atoms with Crippen molar-refractivity contribution < 1.29 is 19.0 Å². The number of piperidine rings is 1. The number of hydrogen-bond acceptors (Lipinski definition) is 5. The van der Waals surface area contributed by atoms with Crippen molar-refractivity contribution in [3.05, 3.63) is 36.0 Å². The molecule has 1 aromatic heterocycles. The number of nitrogens with zero attached hydrogens (tertiary/aromatic N) is 2. The second-order valence-electron chi connectivity index (χ2n) is 6.15. The molecule has 126 valence electrons. The average Bonchev–Trinajstić information content (AvgIpc) is 3.09. The summed E-state index contributed by atoms with van der Waals surface area (Å²) in [4.78, 5) is 19.1. The lowest BCUT2D eigenvalue weighted by Gasteiger charge is -2.37. The van der Waals surface area contributed by atoms with E-state index in [0.717, 1.165) is 16.7 Å². The van der Waals surface area contributed by atoms with Gasteiger partial charge in [-0.1, -0.05) is 6.07 Å². The van der Waals surface area contributed by atoms with Gasteiger partial charge < -0.3 is 19.1 Å². The van der Waals surface area contributed by atoms with E-state index >= 15 is 0 Å². The van der Waals surface area contributed by atoms with E-state index in [2.05, 4.69) is 4.98 Å². The van der Waals surface area contributed by atoms with Crippen molar-refractivity contribution in [1.29, 1.82) is 0 Å². The van der Waals surface area contributed by atoms with Crippen molar-refractivity contribution in [2.24, 2.45) is 0 Å². The van der Waals surface area contributed by atoms with E-state index in [1.807, 2.05) is 29.2 Å². The summed E-state index contributed by atoms with van der Waals surface area (Å²) in [6.07, 6.45) is 1.42. The van der Waals surface area contributed by atoms with E-state index in [0.29, 0.717) is 44.8 Å². The summed E-state index contributed by atoms with van der Waals surface area (Å²) in [7, 11) is 1.63. The fraction of sp³-hybridized carbons (Fsp3) is 0.444. The molecule has 2 saturated heterocycles. The molecule has 0 atom stereocenters. The molecule has 2 aliphatic rings. The fourth-order valence-corrected chi connectivity index (χ4v) is 3.35. The molecule has 1 aromatic carbocycles. The van der Waals surface area contributed by atoms with Crippen LogP contribution in [-0.4, -0.2) is 55.0 Å². The van der Waals surface area contributed by atoms with Gasteiger partial charge in [0.1, 0.15) is 11.4 Å². The Labute approximate surface area is 140 Å². The minimum absolute atomic E-state index is 0.0411. The molecule has 0 radical (unpaired) electrons. The first kappa shape index (κ1) is 15.4. The van der Waals surface area contributed by atoms with Crippen LogP contribution in [0, 0.1) is 0 Å². The van der Waals surface area contributed by atoms with E-state index in [-0.39, 0.29) is 5.91 Å². The molecule has 3 heterocycles. The molecule has 0 saturated carbocycles. The number of aromatic nitrogens is 1. The maximum Gasteiger partial charge on any atom is 0.272 e. The first-order valence-corrected chi connectivity index (χ1v) is 8.21. The van der Waals surface area contributed by atoms with Crippen molar-refractivity contribution in [3.63, 3.8) is 0 Å². The van der Waals surface area contributed by atoms with Crippen LogP contribution in [0.2, 0.25) is 0 Å². The Balaban J connectivity index is 1.51. The number of pyridine rings is 1. The zero-order valence-electron chi connectivity index (χ0n) is 13.7. The summed E-state index contributed by atoms with van der Waals surface area (Å²) in [5, 5.41) is 0.955. The number of rotatable bonds is 2. The Hall–Kier alpha value is -2.18. The van der Waals surface area contributed by atoms with Crippen LogP contribution in [0.1, 0.15) is 23.3 Å². The van der Waals surface area contributed by atoms with Crippen molar-refractivity contribution in [1.82, 2.24) is 9.88 Å². The second-order valence-corrected chi connectivity index (χ2v) is 6.15. The molecule has 24 heavy (non-hydrogen) atoms. The molecule has 0 aliphatic carbocycles. The molecule has 4 rings (SSSR count). The predicted octanol–water partition coefficient (Wildman–Crippen LogP) is 2.22. The maximum atomic E-state index is 12.7. The van der Waals surface area contributed by atoms with Gasteiger partial charge in [-0.05, 0) is 24.3 Å². The number of ether oxygens (including phenoxy) is 3. The number of amides is 1. The first-order chi connectivity index (χ1) is 11.7. The summed E-state index contributed by atoms with van der Waals surface area (Å²) in [5.74, 6) is 0.270. The largest absolute Gasteiger partial charge is 0.497 e. The van der Waals surface area contributed by atoms with Crippen molar-refractivity contribution in [2.75, 3.05) is 33.4 Å². The van der Waals surface area contributed by atoms with Crippen LogP contribution in [0.5, 0.6) is 5.75 Å². The molecule has 1 spiro atoms. The van der Waals surface area contributed by atoms with Crippen LogP contribution < -0.4 is 4.74 Å². The third-order valence-electron chi connectivity index (χ3n) is 4.74. The Bertz CT molecular complexity index is 761. The van der Waals surface area contributed by atoms with Gasteiger partial charge in [0.05, 0.1) is 25.8 Å². The van der Waals surface area contributed by atoms with Gasteiger partial charge in [0.25, 0.3) is 5.91 Å². The van der Waals surface area contributed by atoms with Crippen molar-refractivity contribution in [2.45, 2.75) is 18.6 Å². The normalized spacial score (nSPS) is 19.8. The van der Waals surface area contributed by atoms with Crippen LogP contribution in [0.4, 0.5) is 0 Å². The maximum absolute atomic E-state index is 12.7. The van der Waals surface area contributed by atoms with Gasteiger partial charge in [0.2, 0.25) is 0 Å². The third-order valence-corrected chi connectivity index (χ3v) is 4.74. The first-order valence-electron chi connectivity index (χ1n) is 8.21. The number of hydrogen-bond donors (Lipinski definition) is 0. The molecule has 6 heteroatoms. The highest BCUT2D eigenvalue weighted by molar-refractivity contribution is 5.95. The smallest absolute Gasteiger partial charge is 0.272 e.